The van der Waals surface area contributed by atoms with E-state index < -0.39 is 6.29 Å². The summed E-state index contributed by atoms with van der Waals surface area (Å²) >= 11 is 0. The van der Waals surface area contributed by atoms with E-state index in [9.17, 15) is 4.79 Å². The molecule has 33 heavy (non-hydrogen) atoms. The van der Waals surface area contributed by atoms with E-state index in [2.05, 4.69) is 56.6 Å². The van der Waals surface area contributed by atoms with E-state index in [1.54, 1.807) is 10.9 Å². The van der Waals surface area contributed by atoms with E-state index in [1.807, 2.05) is 13.8 Å². The molecule has 1 aliphatic heterocycles. The largest absolute Gasteiger partial charge is 0.369 e. The van der Waals surface area contributed by atoms with Crippen molar-refractivity contribution in [3.8, 4) is 0 Å². The molecule has 182 valence electrons. The van der Waals surface area contributed by atoms with Crippen LogP contribution in [0.4, 0.5) is 5.69 Å². The number of benzene rings is 1. The molecule has 1 aliphatic rings. The molecule has 1 saturated heterocycles. The number of amides is 1. The fraction of sp³-hybridized carbons (Fsp3) is 0.625. The molecule has 1 amide bonds. The molecule has 2 aromatic rings. The van der Waals surface area contributed by atoms with Gasteiger partial charge in [-0.1, -0.05) is 17.3 Å². The average Bonchev–Trinajstić information content (AvgIpc) is 3.28. The minimum atomic E-state index is -0.392. The summed E-state index contributed by atoms with van der Waals surface area (Å²) in [5.41, 5.74) is 2.94. The maximum Gasteiger partial charge on any atom is 0.273 e. The summed E-state index contributed by atoms with van der Waals surface area (Å²) < 4.78 is 12.6. The van der Waals surface area contributed by atoms with Crippen LogP contribution in [0.25, 0.3) is 0 Å². The number of anilines is 1. The van der Waals surface area contributed by atoms with Crippen LogP contribution < -0.4 is 10.2 Å². The number of hydrogen-bond acceptors (Lipinski definition) is 7. The number of unbranched alkanes of at least 4 members (excludes halogenated alkanes) is 1. The van der Waals surface area contributed by atoms with Crippen molar-refractivity contribution in [3.63, 3.8) is 0 Å². The molecule has 1 fully saturated rings. The highest BCUT2D eigenvalue weighted by atomic mass is 16.7. The second-order valence-corrected chi connectivity index (χ2v) is 8.30. The van der Waals surface area contributed by atoms with E-state index in [1.165, 1.54) is 11.3 Å². The van der Waals surface area contributed by atoms with Crippen molar-refractivity contribution in [1.82, 2.24) is 25.2 Å². The fourth-order valence-electron chi connectivity index (χ4n) is 3.98. The molecule has 2 heterocycles. The highest BCUT2D eigenvalue weighted by Crippen LogP contribution is 2.17. The predicted molar refractivity (Wildman–Crippen MR) is 128 cm³/mol. The molecular weight excluding hydrogens is 420 g/mol. The number of carbonyl (C=O) groups is 1. The number of piperazine rings is 1. The van der Waals surface area contributed by atoms with Gasteiger partial charge in [0.1, 0.15) is 0 Å². The van der Waals surface area contributed by atoms with E-state index in [0.717, 1.165) is 45.6 Å². The van der Waals surface area contributed by atoms with Gasteiger partial charge in [-0.05, 0) is 57.9 Å². The van der Waals surface area contributed by atoms with Crippen molar-refractivity contribution in [2.45, 2.75) is 46.4 Å². The quantitative estimate of drug-likeness (QED) is 0.364. The fourth-order valence-corrected chi connectivity index (χ4v) is 3.98. The van der Waals surface area contributed by atoms with E-state index >= 15 is 0 Å². The highest BCUT2D eigenvalue weighted by molar-refractivity contribution is 5.91. The van der Waals surface area contributed by atoms with Crippen molar-refractivity contribution < 1.29 is 14.3 Å². The molecule has 9 nitrogen and oxygen atoms in total. The Bertz CT molecular complexity index is 844. The van der Waals surface area contributed by atoms with Gasteiger partial charge in [0.05, 0.1) is 12.7 Å². The lowest BCUT2D eigenvalue weighted by atomic mass is 10.2. The van der Waals surface area contributed by atoms with Crippen molar-refractivity contribution in [2.75, 3.05) is 57.4 Å². The van der Waals surface area contributed by atoms with Crippen molar-refractivity contribution >= 4 is 11.6 Å². The summed E-state index contributed by atoms with van der Waals surface area (Å²) in [6.07, 6.45) is 3.24. The Balaban J connectivity index is 1.30. The number of carbonyl (C=O) groups excluding carboxylic acids is 1. The summed E-state index contributed by atoms with van der Waals surface area (Å²) in [6, 6.07) is 8.72. The molecule has 0 bridgehead atoms. The number of aryl methyl sites for hydroxylation is 1. The maximum atomic E-state index is 12.3. The standard InChI is InChI=1S/C24H38N6O3/c1-4-32-23(33-5-2)19-30-18-22(26-27-30)24(31)25-11-6-7-12-28-13-15-29(16-14-28)21-10-8-9-20(3)17-21/h8-10,17-18,23H,4-7,11-16,19H2,1-3H3,(H,25,31). The van der Waals surface area contributed by atoms with Crippen molar-refractivity contribution in [2.24, 2.45) is 0 Å². The summed E-state index contributed by atoms with van der Waals surface area (Å²) in [6.45, 7) is 13.4. The summed E-state index contributed by atoms with van der Waals surface area (Å²) in [5.74, 6) is -0.197. The van der Waals surface area contributed by atoms with Crippen molar-refractivity contribution in [3.05, 3.63) is 41.7 Å². The van der Waals surface area contributed by atoms with Gasteiger partial charge >= 0.3 is 0 Å². The summed E-state index contributed by atoms with van der Waals surface area (Å²) in [4.78, 5) is 17.3. The van der Waals surface area contributed by atoms with Gasteiger partial charge < -0.3 is 19.7 Å². The Hall–Kier alpha value is -2.49. The smallest absolute Gasteiger partial charge is 0.273 e. The van der Waals surface area contributed by atoms with Gasteiger partial charge in [-0.15, -0.1) is 5.10 Å². The molecular formula is C24H38N6O3. The SMILES string of the molecule is CCOC(Cn1cc(C(=O)NCCCCN2CCN(c3cccc(C)c3)CC2)nn1)OCC. The number of rotatable bonds is 13. The number of hydrogen-bond donors (Lipinski definition) is 1. The second kappa shape index (κ2) is 13.3. The minimum absolute atomic E-state index is 0.197. The van der Waals surface area contributed by atoms with Crippen LogP contribution in [0.5, 0.6) is 0 Å². The average molecular weight is 459 g/mol. The van der Waals surface area contributed by atoms with E-state index in [-0.39, 0.29) is 5.91 Å². The molecule has 1 N–H and O–H groups in total. The number of nitrogens with one attached hydrogen (secondary N) is 1. The first-order chi connectivity index (χ1) is 16.1. The lowest BCUT2D eigenvalue weighted by Gasteiger charge is -2.36. The Kier molecular flexibility index (Phi) is 10.1. The predicted octanol–water partition coefficient (Wildman–Crippen LogP) is 2.32. The van der Waals surface area contributed by atoms with Gasteiger partial charge in [-0.25, -0.2) is 4.68 Å². The van der Waals surface area contributed by atoms with Gasteiger partial charge in [0, 0.05) is 51.6 Å². The van der Waals surface area contributed by atoms with Gasteiger partial charge in [0.2, 0.25) is 0 Å². The monoisotopic (exact) mass is 458 g/mol. The molecule has 9 heteroatoms. The Labute approximate surface area is 197 Å². The molecule has 0 radical (unpaired) electrons. The van der Waals surface area contributed by atoms with Crippen LogP contribution in [0.2, 0.25) is 0 Å². The molecule has 0 unspecified atom stereocenters. The first kappa shape index (κ1) is 25.1. The zero-order valence-electron chi connectivity index (χ0n) is 20.2. The maximum absolute atomic E-state index is 12.3. The number of ether oxygens (including phenoxy) is 2. The Morgan fingerprint density at radius 2 is 1.88 bits per heavy atom. The van der Waals surface area contributed by atoms with Gasteiger partial charge in [0.15, 0.2) is 12.0 Å². The molecule has 1 aromatic carbocycles. The Morgan fingerprint density at radius 3 is 2.58 bits per heavy atom. The van der Waals surface area contributed by atoms with Crippen LogP contribution >= 0.6 is 0 Å². The molecule has 1 aromatic heterocycles. The lowest BCUT2D eigenvalue weighted by Crippen LogP contribution is -2.46. The third-order valence-electron chi connectivity index (χ3n) is 5.74. The summed E-state index contributed by atoms with van der Waals surface area (Å²) in [5, 5.41) is 10.9. The highest BCUT2D eigenvalue weighted by Gasteiger charge is 2.17. The lowest BCUT2D eigenvalue weighted by molar-refractivity contribution is -0.145. The summed E-state index contributed by atoms with van der Waals surface area (Å²) in [7, 11) is 0. The van der Waals surface area contributed by atoms with Crippen molar-refractivity contribution in [1.29, 1.82) is 0 Å². The Morgan fingerprint density at radius 1 is 1.12 bits per heavy atom. The normalized spacial score (nSPS) is 14.7. The molecule has 3 rings (SSSR count). The van der Waals surface area contributed by atoms with Crippen LogP contribution in [0.1, 0.15) is 42.7 Å². The molecule has 0 spiro atoms. The number of nitrogens with zero attached hydrogens (tertiary/aromatic N) is 5. The third-order valence-corrected chi connectivity index (χ3v) is 5.74. The third kappa shape index (κ3) is 8.10. The minimum Gasteiger partial charge on any atom is -0.369 e. The first-order valence-corrected chi connectivity index (χ1v) is 12.0. The zero-order chi connectivity index (χ0) is 23.5. The van der Waals surface area contributed by atoms with E-state index in [0.29, 0.717) is 32.0 Å². The molecule has 0 saturated carbocycles. The zero-order valence-corrected chi connectivity index (χ0v) is 20.2. The van der Waals surface area contributed by atoms with Crippen LogP contribution in [0.3, 0.4) is 0 Å². The second-order valence-electron chi connectivity index (χ2n) is 8.30. The van der Waals surface area contributed by atoms with Gasteiger partial charge in [0.25, 0.3) is 5.91 Å². The van der Waals surface area contributed by atoms with Crippen LogP contribution in [-0.4, -0.2) is 84.6 Å². The molecule has 0 aliphatic carbocycles. The number of aromatic nitrogens is 3. The van der Waals surface area contributed by atoms with Crippen LogP contribution in [0.15, 0.2) is 30.5 Å². The van der Waals surface area contributed by atoms with Crippen LogP contribution in [-0.2, 0) is 16.0 Å². The van der Waals surface area contributed by atoms with Crippen LogP contribution in [0, 0.1) is 6.92 Å². The topological polar surface area (TPSA) is 84.8 Å². The first-order valence-electron chi connectivity index (χ1n) is 12.0. The van der Waals surface area contributed by atoms with Gasteiger partial charge in [-0.3, -0.25) is 9.69 Å². The van der Waals surface area contributed by atoms with E-state index in [4.69, 9.17) is 9.47 Å². The molecule has 0 atom stereocenters. The van der Waals surface area contributed by atoms with Gasteiger partial charge in [-0.2, -0.15) is 0 Å².